The minimum Gasteiger partial charge on any atom is -1.00 e. The zero-order chi connectivity index (χ0) is 15.5. The van der Waals surface area contributed by atoms with E-state index in [1.165, 1.54) is 31.4 Å². The Morgan fingerprint density at radius 2 is 0.652 bits per heavy atom. The molecule has 0 fully saturated rings. The molecule has 2 heteroatoms. The number of hydrogen-bond acceptors (Lipinski definition) is 0. The van der Waals surface area contributed by atoms with Crippen LogP contribution in [0.3, 0.4) is 0 Å². The fourth-order valence-electron chi connectivity index (χ4n) is 2.43. The number of rotatable bonds is 3. The Bertz CT molecular complexity index is 635. The fraction of sp³-hybridized carbons (Fsp3) is 0.143. The third-order valence-corrected chi connectivity index (χ3v) is 6.00. The number of halogens is 1. The van der Waals surface area contributed by atoms with Crippen molar-refractivity contribution >= 4 is 10.9 Å². The van der Waals surface area contributed by atoms with Crippen LogP contribution in [-0.2, 0) is 10.9 Å². The lowest BCUT2D eigenvalue weighted by molar-refractivity contribution is -0.00000461. The van der Waals surface area contributed by atoms with Crippen LogP contribution in [0.2, 0.25) is 0 Å². The smallest absolute Gasteiger partial charge is 0.166 e. The Labute approximate surface area is 152 Å². The fourth-order valence-corrected chi connectivity index (χ4v) is 4.47. The van der Waals surface area contributed by atoms with Crippen LogP contribution >= 0.6 is 0 Å². The van der Waals surface area contributed by atoms with Gasteiger partial charge in [0.1, 0.15) is 0 Å². The van der Waals surface area contributed by atoms with Gasteiger partial charge in [-0.05, 0) is 57.2 Å². The van der Waals surface area contributed by atoms with Gasteiger partial charge in [0.05, 0.1) is 10.9 Å². The summed E-state index contributed by atoms with van der Waals surface area (Å²) in [6.07, 6.45) is 0. The van der Waals surface area contributed by atoms with Gasteiger partial charge in [-0.2, -0.15) is 0 Å². The highest BCUT2D eigenvalue weighted by molar-refractivity contribution is 7.97. The number of benzene rings is 3. The van der Waals surface area contributed by atoms with E-state index in [2.05, 4.69) is 93.6 Å². The molecule has 3 aromatic carbocycles. The number of aryl methyl sites for hydroxylation is 3. The van der Waals surface area contributed by atoms with Gasteiger partial charge in [0.2, 0.25) is 0 Å². The van der Waals surface area contributed by atoms with E-state index < -0.39 is 0 Å². The van der Waals surface area contributed by atoms with Crippen LogP contribution in [0.25, 0.3) is 0 Å². The van der Waals surface area contributed by atoms with Crippen molar-refractivity contribution in [1.82, 2.24) is 0 Å². The predicted molar refractivity (Wildman–Crippen MR) is 95.7 cm³/mol. The third kappa shape index (κ3) is 4.27. The summed E-state index contributed by atoms with van der Waals surface area (Å²) in [7, 11) is -0.0394. The second-order valence-electron chi connectivity index (χ2n) is 5.75. The van der Waals surface area contributed by atoms with Gasteiger partial charge in [-0.15, -0.1) is 0 Å². The van der Waals surface area contributed by atoms with Crippen molar-refractivity contribution in [2.75, 3.05) is 0 Å². The molecule has 0 heterocycles. The zero-order valence-electron chi connectivity index (χ0n) is 13.7. The van der Waals surface area contributed by atoms with Gasteiger partial charge in [-0.25, -0.2) is 0 Å². The van der Waals surface area contributed by atoms with E-state index in [0.29, 0.717) is 0 Å². The Balaban J connectivity index is 0.00000192. The first-order valence-electron chi connectivity index (χ1n) is 7.58. The second-order valence-corrected chi connectivity index (χ2v) is 7.77. The molecule has 0 aliphatic rings. The van der Waals surface area contributed by atoms with Crippen LogP contribution < -0.4 is 17.0 Å². The molecule has 0 saturated carbocycles. The summed E-state index contributed by atoms with van der Waals surface area (Å²) >= 11 is 0. The van der Waals surface area contributed by atoms with Crippen LogP contribution in [-0.4, -0.2) is 0 Å². The SMILES string of the molecule is Cc1ccc([S+](c2ccc(C)cc2)c2ccc(C)cc2)cc1.[Br-]. The Hall–Kier alpha value is -1.51. The van der Waals surface area contributed by atoms with E-state index in [0.717, 1.165) is 0 Å². The summed E-state index contributed by atoms with van der Waals surface area (Å²) in [6, 6.07) is 26.8. The molecule has 0 atom stereocenters. The van der Waals surface area contributed by atoms with Crippen LogP contribution in [0, 0.1) is 20.8 Å². The van der Waals surface area contributed by atoms with Gasteiger partial charge in [0, 0.05) is 0 Å². The lowest BCUT2D eigenvalue weighted by Gasteiger charge is -2.09. The van der Waals surface area contributed by atoms with E-state index in [1.807, 2.05) is 0 Å². The van der Waals surface area contributed by atoms with E-state index in [1.54, 1.807) is 0 Å². The molecule has 118 valence electrons. The normalized spacial score (nSPS) is 10.4. The zero-order valence-corrected chi connectivity index (χ0v) is 16.1. The summed E-state index contributed by atoms with van der Waals surface area (Å²) in [5.41, 5.74) is 3.92. The molecule has 0 aromatic heterocycles. The maximum Gasteiger partial charge on any atom is 0.166 e. The van der Waals surface area contributed by atoms with Crippen molar-refractivity contribution in [2.24, 2.45) is 0 Å². The van der Waals surface area contributed by atoms with Crippen molar-refractivity contribution in [3.8, 4) is 0 Å². The number of hydrogen-bond donors (Lipinski definition) is 0. The van der Waals surface area contributed by atoms with Crippen LogP contribution in [0.5, 0.6) is 0 Å². The van der Waals surface area contributed by atoms with Gasteiger partial charge in [-0.3, -0.25) is 0 Å². The quantitative estimate of drug-likeness (QED) is 0.609. The summed E-state index contributed by atoms with van der Waals surface area (Å²) in [5, 5.41) is 0. The van der Waals surface area contributed by atoms with Crippen molar-refractivity contribution in [3.63, 3.8) is 0 Å². The molecule has 0 aliphatic carbocycles. The Morgan fingerprint density at radius 1 is 0.435 bits per heavy atom. The molecule has 0 spiro atoms. The van der Waals surface area contributed by atoms with E-state index in [9.17, 15) is 0 Å². The molecule has 0 unspecified atom stereocenters. The highest BCUT2D eigenvalue weighted by Crippen LogP contribution is 2.31. The monoisotopic (exact) mass is 384 g/mol. The Kier molecular flexibility index (Phi) is 6.09. The molecule has 0 nitrogen and oxygen atoms in total. The molecule has 0 saturated heterocycles. The summed E-state index contributed by atoms with van der Waals surface area (Å²) in [5.74, 6) is 0. The predicted octanol–water partition coefficient (Wildman–Crippen LogP) is 2.71. The molecule has 0 amide bonds. The van der Waals surface area contributed by atoms with E-state index >= 15 is 0 Å². The van der Waals surface area contributed by atoms with E-state index in [4.69, 9.17) is 0 Å². The first-order chi connectivity index (χ1) is 10.6. The van der Waals surface area contributed by atoms with Crippen molar-refractivity contribution in [1.29, 1.82) is 0 Å². The third-order valence-electron chi connectivity index (χ3n) is 3.77. The highest BCUT2D eigenvalue weighted by Gasteiger charge is 2.28. The molecular formula is C21H21BrS. The average molecular weight is 385 g/mol. The summed E-state index contributed by atoms with van der Waals surface area (Å²) < 4.78 is 0. The maximum absolute atomic E-state index is 2.26. The van der Waals surface area contributed by atoms with Gasteiger partial charge in [0.25, 0.3) is 0 Å². The molecule has 3 aromatic rings. The molecule has 3 rings (SSSR count). The molecular weight excluding hydrogens is 364 g/mol. The maximum atomic E-state index is 2.26. The van der Waals surface area contributed by atoms with Gasteiger partial charge in [0.15, 0.2) is 14.7 Å². The first kappa shape index (κ1) is 17.8. The van der Waals surface area contributed by atoms with Gasteiger partial charge >= 0.3 is 0 Å². The highest BCUT2D eigenvalue weighted by atomic mass is 79.9. The minimum absolute atomic E-state index is 0. The lowest BCUT2D eigenvalue weighted by Crippen LogP contribution is -3.00. The topological polar surface area (TPSA) is 0 Å². The van der Waals surface area contributed by atoms with Crippen molar-refractivity contribution in [3.05, 3.63) is 89.5 Å². The average Bonchev–Trinajstić information content (AvgIpc) is 2.53. The first-order valence-corrected chi connectivity index (χ1v) is 8.80. The van der Waals surface area contributed by atoms with Crippen molar-refractivity contribution in [2.45, 2.75) is 35.5 Å². The van der Waals surface area contributed by atoms with Crippen molar-refractivity contribution < 1.29 is 17.0 Å². The van der Waals surface area contributed by atoms with Crippen LogP contribution in [0.15, 0.2) is 87.5 Å². The van der Waals surface area contributed by atoms with Crippen LogP contribution in [0.4, 0.5) is 0 Å². The molecule has 23 heavy (non-hydrogen) atoms. The molecule has 0 radical (unpaired) electrons. The Morgan fingerprint density at radius 3 is 0.870 bits per heavy atom. The van der Waals surface area contributed by atoms with Gasteiger partial charge in [-0.1, -0.05) is 53.1 Å². The summed E-state index contributed by atoms with van der Waals surface area (Å²) in [6.45, 7) is 6.42. The lowest BCUT2D eigenvalue weighted by atomic mass is 10.2. The minimum atomic E-state index is -0.0394. The largest absolute Gasteiger partial charge is 1.00 e. The summed E-state index contributed by atoms with van der Waals surface area (Å²) in [4.78, 5) is 4.12. The molecule has 0 aliphatic heterocycles. The van der Waals surface area contributed by atoms with Crippen LogP contribution in [0.1, 0.15) is 16.7 Å². The van der Waals surface area contributed by atoms with Gasteiger partial charge < -0.3 is 17.0 Å². The van der Waals surface area contributed by atoms with E-state index in [-0.39, 0.29) is 27.9 Å². The molecule has 0 N–H and O–H groups in total. The molecule has 0 bridgehead atoms. The second kappa shape index (κ2) is 7.85. The standard InChI is InChI=1S/C21H21S.BrH/c1-16-4-10-19(11-5-16)22(20-12-6-17(2)7-13-20)21-14-8-18(3)9-15-21;/h4-15H,1-3H3;1H/q+1;/p-1.